The van der Waals surface area contributed by atoms with Crippen molar-refractivity contribution in [3.63, 3.8) is 0 Å². The maximum atomic E-state index is 12.4. The molecule has 4 heteroatoms. The van der Waals surface area contributed by atoms with E-state index >= 15 is 0 Å². The lowest BCUT2D eigenvalue weighted by atomic mass is 9.78. The summed E-state index contributed by atoms with van der Waals surface area (Å²) in [5, 5.41) is 8.85. The first kappa shape index (κ1) is 15.1. The molecule has 4 nitrogen and oxygen atoms in total. The molecular weight excluding hydrogens is 274 g/mol. The Morgan fingerprint density at radius 3 is 2.91 bits per heavy atom. The molecule has 118 valence electrons. The van der Waals surface area contributed by atoms with Crippen LogP contribution in [0.2, 0.25) is 0 Å². The second-order valence-electron chi connectivity index (χ2n) is 6.70. The van der Waals surface area contributed by atoms with Crippen molar-refractivity contribution in [1.82, 2.24) is 15.1 Å². The fraction of sp³-hybridized carbons (Fsp3) is 0.556. The number of amides is 1. The lowest BCUT2D eigenvalue weighted by Crippen LogP contribution is -2.44. The highest BCUT2D eigenvalue weighted by molar-refractivity contribution is 5.84. The summed E-state index contributed by atoms with van der Waals surface area (Å²) in [6.45, 7) is 6.82. The van der Waals surface area contributed by atoms with Gasteiger partial charge >= 0.3 is 0 Å². The van der Waals surface area contributed by atoms with Crippen molar-refractivity contribution in [2.45, 2.75) is 52.6 Å². The van der Waals surface area contributed by atoms with Crippen LogP contribution in [0.15, 0.2) is 24.3 Å². The number of carbonyl (C=O) groups is 1. The van der Waals surface area contributed by atoms with E-state index in [1.807, 2.05) is 29.8 Å². The minimum atomic E-state index is 0.0687. The molecule has 0 spiro atoms. The van der Waals surface area contributed by atoms with Crippen LogP contribution in [0.5, 0.6) is 0 Å². The molecule has 1 N–H and O–H groups in total. The average Bonchev–Trinajstić information content (AvgIpc) is 2.81. The van der Waals surface area contributed by atoms with Crippen molar-refractivity contribution in [3.05, 3.63) is 30.0 Å². The van der Waals surface area contributed by atoms with Gasteiger partial charge in [-0.15, -0.1) is 0 Å². The van der Waals surface area contributed by atoms with Gasteiger partial charge in [-0.1, -0.05) is 44.9 Å². The molecule has 0 aliphatic heterocycles. The minimum absolute atomic E-state index is 0.0687. The SMILES string of the molecule is Cc1nn(CC(=O)N[C@@H]2CCC[C@@H](C)[C@H]2C)c2ccccc12. The van der Waals surface area contributed by atoms with Gasteiger partial charge < -0.3 is 5.32 Å². The van der Waals surface area contributed by atoms with Gasteiger partial charge in [0.2, 0.25) is 5.91 Å². The Hall–Kier alpha value is -1.84. The number of para-hydroxylation sites is 1. The number of aryl methyl sites for hydroxylation is 1. The fourth-order valence-corrected chi connectivity index (χ4v) is 3.59. The number of hydrogen-bond acceptors (Lipinski definition) is 2. The van der Waals surface area contributed by atoms with Crippen LogP contribution in [0.3, 0.4) is 0 Å². The van der Waals surface area contributed by atoms with E-state index in [9.17, 15) is 4.79 Å². The Kier molecular flexibility index (Phi) is 4.19. The van der Waals surface area contributed by atoms with Crippen LogP contribution in [0, 0.1) is 18.8 Å². The molecule has 3 atom stereocenters. The van der Waals surface area contributed by atoms with E-state index in [-0.39, 0.29) is 5.91 Å². The first-order valence-electron chi connectivity index (χ1n) is 8.28. The highest BCUT2D eigenvalue weighted by atomic mass is 16.2. The molecule has 22 heavy (non-hydrogen) atoms. The largest absolute Gasteiger partial charge is 0.351 e. The third-order valence-electron chi connectivity index (χ3n) is 5.19. The summed E-state index contributed by atoms with van der Waals surface area (Å²) in [4.78, 5) is 12.4. The summed E-state index contributed by atoms with van der Waals surface area (Å²) >= 11 is 0. The minimum Gasteiger partial charge on any atom is -0.351 e. The first-order valence-corrected chi connectivity index (χ1v) is 8.28. The number of rotatable bonds is 3. The van der Waals surface area contributed by atoms with Crippen LogP contribution in [0.1, 0.15) is 38.8 Å². The molecule has 1 aliphatic carbocycles. The Balaban J connectivity index is 1.71. The Morgan fingerprint density at radius 1 is 1.32 bits per heavy atom. The molecule has 0 unspecified atom stereocenters. The van der Waals surface area contributed by atoms with Gasteiger partial charge in [0.1, 0.15) is 6.54 Å². The second kappa shape index (κ2) is 6.11. The van der Waals surface area contributed by atoms with E-state index in [4.69, 9.17) is 0 Å². The molecule has 1 saturated carbocycles. The van der Waals surface area contributed by atoms with E-state index < -0.39 is 0 Å². The molecule has 0 radical (unpaired) electrons. The van der Waals surface area contributed by atoms with E-state index in [2.05, 4.69) is 30.3 Å². The van der Waals surface area contributed by atoms with Gasteiger partial charge in [-0.25, -0.2) is 0 Å². The maximum Gasteiger partial charge on any atom is 0.241 e. The lowest BCUT2D eigenvalue weighted by molar-refractivity contribution is -0.123. The van der Waals surface area contributed by atoms with Crippen LogP contribution >= 0.6 is 0 Å². The number of benzene rings is 1. The molecule has 1 aromatic heterocycles. The first-order chi connectivity index (χ1) is 10.6. The van der Waals surface area contributed by atoms with E-state index in [0.29, 0.717) is 24.4 Å². The zero-order valence-electron chi connectivity index (χ0n) is 13.7. The highest BCUT2D eigenvalue weighted by Crippen LogP contribution is 2.29. The van der Waals surface area contributed by atoms with E-state index in [1.54, 1.807) is 0 Å². The standard InChI is InChI=1S/C18H25N3O/c1-12-7-6-9-16(13(12)2)19-18(22)11-21-17-10-5-4-8-15(17)14(3)20-21/h4-5,8,10,12-13,16H,6-7,9,11H2,1-3H3,(H,19,22)/t12-,13-,16-/m1/s1. The number of aromatic nitrogens is 2. The lowest BCUT2D eigenvalue weighted by Gasteiger charge is -2.34. The normalized spacial score (nSPS) is 25.3. The summed E-state index contributed by atoms with van der Waals surface area (Å²) in [6.07, 6.45) is 3.58. The van der Waals surface area contributed by atoms with Gasteiger partial charge in [-0.3, -0.25) is 9.48 Å². The number of hydrogen-bond donors (Lipinski definition) is 1. The molecule has 1 heterocycles. The van der Waals surface area contributed by atoms with Gasteiger partial charge in [-0.05, 0) is 31.2 Å². The van der Waals surface area contributed by atoms with Crippen LogP contribution in [-0.4, -0.2) is 21.7 Å². The van der Waals surface area contributed by atoms with Crippen molar-refractivity contribution < 1.29 is 4.79 Å². The summed E-state index contributed by atoms with van der Waals surface area (Å²) < 4.78 is 1.82. The van der Waals surface area contributed by atoms with E-state index in [0.717, 1.165) is 23.0 Å². The molecule has 1 fully saturated rings. The van der Waals surface area contributed by atoms with Gasteiger partial charge in [0.25, 0.3) is 0 Å². The van der Waals surface area contributed by atoms with E-state index in [1.165, 1.54) is 12.8 Å². The zero-order valence-corrected chi connectivity index (χ0v) is 13.7. The highest BCUT2D eigenvalue weighted by Gasteiger charge is 2.28. The zero-order chi connectivity index (χ0) is 15.7. The molecule has 1 aliphatic rings. The Bertz CT molecular complexity index is 676. The summed E-state index contributed by atoms with van der Waals surface area (Å²) in [7, 11) is 0. The quantitative estimate of drug-likeness (QED) is 0.945. The maximum absolute atomic E-state index is 12.4. The second-order valence-corrected chi connectivity index (χ2v) is 6.70. The molecule has 2 aromatic rings. The van der Waals surface area contributed by atoms with Crippen LogP contribution < -0.4 is 5.32 Å². The summed E-state index contributed by atoms with van der Waals surface area (Å²) in [5.41, 5.74) is 2.00. The van der Waals surface area contributed by atoms with Gasteiger partial charge in [0.05, 0.1) is 11.2 Å². The monoisotopic (exact) mass is 299 g/mol. The van der Waals surface area contributed by atoms with Crippen molar-refractivity contribution in [1.29, 1.82) is 0 Å². The topological polar surface area (TPSA) is 46.9 Å². The fourth-order valence-electron chi connectivity index (χ4n) is 3.59. The predicted molar refractivity (Wildman–Crippen MR) is 88.6 cm³/mol. The van der Waals surface area contributed by atoms with Crippen LogP contribution in [-0.2, 0) is 11.3 Å². The predicted octanol–water partition coefficient (Wildman–Crippen LogP) is 3.29. The average molecular weight is 299 g/mol. The number of carbonyl (C=O) groups excluding carboxylic acids is 1. The summed E-state index contributed by atoms with van der Waals surface area (Å²) in [5.74, 6) is 1.31. The van der Waals surface area contributed by atoms with Crippen molar-refractivity contribution in [3.8, 4) is 0 Å². The number of nitrogens with zero attached hydrogens (tertiary/aromatic N) is 2. The molecule has 0 saturated heterocycles. The molecule has 1 aromatic carbocycles. The van der Waals surface area contributed by atoms with Gasteiger partial charge in [0, 0.05) is 11.4 Å². The molecular formula is C18H25N3O. The summed E-state index contributed by atoms with van der Waals surface area (Å²) in [6, 6.07) is 8.37. The van der Waals surface area contributed by atoms with Crippen molar-refractivity contribution in [2.75, 3.05) is 0 Å². The third kappa shape index (κ3) is 2.87. The van der Waals surface area contributed by atoms with Crippen molar-refractivity contribution >= 4 is 16.8 Å². The third-order valence-corrected chi connectivity index (χ3v) is 5.19. The Morgan fingerprint density at radius 2 is 2.09 bits per heavy atom. The molecule has 3 rings (SSSR count). The van der Waals surface area contributed by atoms with Crippen molar-refractivity contribution in [2.24, 2.45) is 11.8 Å². The van der Waals surface area contributed by atoms with Gasteiger partial charge in [0.15, 0.2) is 0 Å². The number of nitrogens with one attached hydrogen (secondary N) is 1. The van der Waals surface area contributed by atoms with Crippen LogP contribution in [0.4, 0.5) is 0 Å². The number of fused-ring (bicyclic) bond motifs is 1. The smallest absolute Gasteiger partial charge is 0.241 e. The van der Waals surface area contributed by atoms with Crippen LogP contribution in [0.25, 0.3) is 10.9 Å². The Labute approximate surface area is 131 Å². The molecule has 1 amide bonds. The van der Waals surface area contributed by atoms with Gasteiger partial charge in [-0.2, -0.15) is 5.10 Å². The molecule has 0 bridgehead atoms.